The van der Waals surface area contributed by atoms with E-state index in [-0.39, 0.29) is 22.7 Å². The fourth-order valence-corrected chi connectivity index (χ4v) is 4.17. The van der Waals surface area contributed by atoms with E-state index < -0.39 is 40.6 Å². The van der Waals surface area contributed by atoms with Gasteiger partial charge in [-0.3, -0.25) is 9.69 Å². The molecule has 0 bridgehead atoms. The zero-order chi connectivity index (χ0) is 24.9. The van der Waals surface area contributed by atoms with Crippen molar-refractivity contribution in [1.82, 2.24) is 15.3 Å². The minimum absolute atomic E-state index is 0.0912. The number of imidazole rings is 1. The molecule has 3 N–H and O–H groups in total. The van der Waals surface area contributed by atoms with Gasteiger partial charge in [-0.1, -0.05) is 30.2 Å². The number of H-pyrrole nitrogens is 1. The van der Waals surface area contributed by atoms with E-state index in [1.807, 2.05) is 5.92 Å². The van der Waals surface area contributed by atoms with Gasteiger partial charge in [0.15, 0.2) is 11.5 Å². The van der Waals surface area contributed by atoms with Gasteiger partial charge in [0.1, 0.15) is 5.82 Å². The molecule has 1 aliphatic rings. The van der Waals surface area contributed by atoms with Gasteiger partial charge in [0.2, 0.25) is 0 Å². The van der Waals surface area contributed by atoms with Crippen LogP contribution < -0.4 is 15.0 Å². The zero-order valence-electron chi connectivity index (χ0n) is 18.1. The first-order valence-electron chi connectivity index (χ1n) is 10.3. The summed E-state index contributed by atoms with van der Waals surface area (Å²) in [7, 11) is 1.39. The summed E-state index contributed by atoms with van der Waals surface area (Å²) >= 11 is 0. The van der Waals surface area contributed by atoms with Crippen molar-refractivity contribution in [3.8, 4) is 18.4 Å². The first-order chi connectivity index (χ1) is 16.8. The number of aromatic amines is 1. The molecule has 0 saturated carbocycles. The van der Waals surface area contributed by atoms with Crippen LogP contribution in [-0.2, 0) is 5.72 Å². The number of hydrogen-bond donors (Lipinski definition) is 3. The van der Waals surface area contributed by atoms with Crippen LogP contribution in [0.2, 0.25) is 0 Å². The van der Waals surface area contributed by atoms with Crippen LogP contribution in [0.3, 0.4) is 0 Å². The van der Waals surface area contributed by atoms with Crippen LogP contribution in [0.25, 0.3) is 11.0 Å². The second-order valence-electron chi connectivity index (χ2n) is 7.67. The van der Waals surface area contributed by atoms with E-state index in [0.717, 1.165) is 17.0 Å². The minimum Gasteiger partial charge on any atom is -0.375 e. The van der Waals surface area contributed by atoms with Gasteiger partial charge >= 0.3 is 12.1 Å². The SMILES string of the molecule is C#Cc1c(F)ccc(N2C(=O)c3ccccc3C2(O)c2ccc3nc(OC(=O)NC)[nH]c3c2)c1F. The maximum Gasteiger partial charge on any atom is 0.414 e. The van der Waals surface area contributed by atoms with Crippen molar-refractivity contribution >= 4 is 28.7 Å². The molecule has 0 fully saturated rings. The number of aliphatic hydroxyl groups is 1. The number of nitrogens with one attached hydrogen (secondary N) is 2. The van der Waals surface area contributed by atoms with Crippen molar-refractivity contribution in [3.05, 3.63) is 88.5 Å². The number of fused-ring (bicyclic) bond motifs is 2. The van der Waals surface area contributed by atoms with Gasteiger partial charge in [-0.15, -0.1) is 6.42 Å². The van der Waals surface area contributed by atoms with Crippen LogP contribution in [0.15, 0.2) is 54.6 Å². The van der Waals surface area contributed by atoms with Gasteiger partial charge in [-0.2, -0.15) is 4.98 Å². The third-order valence-corrected chi connectivity index (χ3v) is 5.77. The van der Waals surface area contributed by atoms with E-state index in [0.29, 0.717) is 11.0 Å². The Labute approximate surface area is 197 Å². The lowest BCUT2D eigenvalue weighted by molar-refractivity contribution is 0.0698. The second-order valence-corrected chi connectivity index (χ2v) is 7.67. The van der Waals surface area contributed by atoms with Crippen molar-refractivity contribution in [1.29, 1.82) is 0 Å². The highest BCUT2D eigenvalue weighted by atomic mass is 19.1. The molecule has 1 aromatic heterocycles. The van der Waals surface area contributed by atoms with Crippen molar-refractivity contribution in [2.24, 2.45) is 0 Å². The number of benzene rings is 3. The summed E-state index contributed by atoms with van der Waals surface area (Å²) in [6, 6.07) is 12.7. The average Bonchev–Trinajstić information content (AvgIpc) is 3.36. The predicted octanol–water partition coefficient (Wildman–Crippen LogP) is 3.39. The van der Waals surface area contributed by atoms with Crippen molar-refractivity contribution in [3.63, 3.8) is 0 Å². The monoisotopic (exact) mass is 474 g/mol. The Kier molecular flexibility index (Phi) is 5.00. The van der Waals surface area contributed by atoms with Crippen LogP contribution in [0.4, 0.5) is 19.3 Å². The molecule has 1 atom stereocenters. The maximum absolute atomic E-state index is 15.3. The molecule has 5 rings (SSSR count). The Balaban J connectivity index is 1.72. The maximum atomic E-state index is 15.3. The van der Waals surface area contributed by atoms with Crippen molar-refractivity contribution in [2.45, 2.75) is 5.72 Å². The molecule has 0 radical (unpaired) electrons. The molecule has 1 aliphatic heterocycles. The van der Waals surface area contributed by atoms with Crippen LogP contribution in [0.5, 0.6) is 6.01 Å². The van der Waals surface area contributed by atoms with E-state index in [4.69, 9.17) is 11.2 Å². The van der Waals surface area contributed by atoms with Gasteiger partial charge in [-0.25, -0.2) is 13.6 Å². The highest BCUT2D eigenvalue weighted by Gasteiger charge is 2.51. The number of hydrogen-bond acceptors (Lipinski definition) is 5. The number of nitrogens with zero attached hydrogens (tertiary/aromatic N) is 2. The summed E-state index contributed by atoms with van der Waals surface area (Å²) in [6.07, 6.45) is 4.54. The zero-order valence-corrected chi connectivity index (χ0v) is 18.1. The van der Waals surface area contributed by atoms with Crippen LogP contribution >= 0.6 is 0 Å². The Morgan fingerprint density at radius 1 is 1.23 bits per heavy atom. The largest absolute Gasteiger partial charge is 0.414 e. The summed E-state index contributed by atoms with van der Waals surface area (Å²) < 4.78 is 34.4. The third kappa shape index (κ3) is 3.21. The van der Waals surface area contributed by atoms with Gasteiger partial charge in [-0.05, 0) is 30.3 Å². The Morgan fingerprint density at radius 3 is 2.74 bits per heavy atom. The summed E-state index contributed by atoms with van der Waals surface area (Å²) in [5.41, 5.74) is -1.96. The molecule has 0 saturated heterocycles. The average molecular weight is 474 g/mol. The number of terminal acetylenes is 1. The van der Waals surface area contributed by atoms with Gasteiger partial charge < -0.3 is 20.1 Å². The summed E-state index contributed by atoms with van der Waals surface area (Å²) in [5.74, 6) is -0.880. The topological polar surface area (TPSA) is 108 Å². The highest BCUT2D eigenvalue weighted by molar-refractivity contribution is 6.12. The lowest BCUT2D eigenvalue weighted by Gasteiger charge is -2.35. The lowest BCUT2D eigenvalue weighted by Crippen LogP contribution is -2.45. The molecule has 3 aromatic carbocycles. The smallest absolute Gasteiger partial charge is 0.375 e. The van der Waals surface area contributed by atoms with Gasteiger partial charge in [0, 0.05) is 23.7 Å². The molecular formula is C25H16F2N4O4. The molecular weight excluding hydrogens is 458 g/mol. The first-order valence-corrected chi connectivity index (χ1v) is 10.3. The number of carbonyl (C=O) groups is 2. The molecule has 1 unspecified atom stereocenters. The van der Waals surface area contributed by atoms with Crippen LogP contribution in [-0.4, -0.2) is 34.1 Å². The minimum atomic E-state index is -2.18. The Hall–Kier alpha value is -4.75. The molecule has 0 aliphatic carbocycles. The lowest BCUT2D eigenvalue weighted by atomic mass is 9.93. The summed E-state index contributed by atoms with van der Waals surface area (Å²) in [4.78, 5) is 32.7. The number of halogens is 2. The number of aromatic nitrogens is 2. The van der Waals surface area contributed by atoms with E-state index in [2.05, 4.69) is 15.3 Å². The predicted molar refractivity (Wildman–Crippen MR) is 122 cm³/mol. The number of carbonyl (C=O) groups excluding carboxylic acids is 2. The van der Waals surface area contributed by atoms with E-state index in [1.54, 1.807) is 12.1 Å². The van der Waals surface area contributed by atoms with Crippen molar-refractivity contribution < 1.29 is 28.2 Å². The van der Waals surface area contributed by atoms with E-state index in [9.17, 15) is 19.1 Å². The standard InChI is InChI=1S/C25H16F2N4O4/c1-3-14-17(26)9-11-20(21(14)27)31-22(32)15-6-4-5-7-16(15)25(31,34)13-8-10-18-19(12-13)30-23(29-18)35-24(33)28-2/h1,4-12,34H,2H3,(H,28,33)(H,29,30). The Morgan fingerprint density at radius 2 is 2.00 bits per heavy atom. The highest BCUT2D eigenvalue weighted by Crippen LogP contribution is 2.46. The molecule has 4 aromatic rings. The molecule has 10 heteroatoms. The Bertz CT molecular complexity index is 1580. The second kappa shape index (κ2) is 7.93. The number of anilines is 1. The van der Waals surface area contributed by atoms with Crippen LogP contribution in [0.1, 0.15) is 27.0 Å². The fraction of sp³-hybridized carbons (Fsp3) is 0.0800. The molecule has 8 nitrogen and oxygen atoms in total. The normalized spacial score (nSPS) is 16.8. The molecule has 2 heterocycles. The number of ether oxygens (including phenoxy) is 1. The number of amides is 2. The quantitative estimate of drug-likeness (QED) is 0.395. The summed E-state index contributed by atoms with van der Waals surface area (Å²) in [5, 5.41) is 14.4. The van der Waals surface area contributed by atoms with E-state index >= 15 is 4.39 Å². The summed E-state index contributed by atoms with van der Waals surface area (Å²) in [6.45, 7) is 0. The van der Waals surface area contributed by atoms with Crippen molar-refractivity contribution in [2.75, 3.05) is 11.9 Å². The first kappa shape index (κ1) is 22.1. The van der Waals surface area contributed by atoms with Crippen LogP contribution in [0, 0.1) is 24.0 Å². The third-order valence-electron chi connectivity index (χ3n) is 5.77. The molecule has 2 amide bonds. The van der Waals surface area contributed by atoms with E-state index in [1.165, 1.54) is 37.4 Å². The van der Waals surface area contributed by atoms with Gasteiger partial charge in [0.05, 0.1) is 22.3 Å². The number of rotatable bonds is 3. The molecule has 174 valence electrons. The van der Waals surface area contributed by atoms with Gasteiger partial charge in [0.25, 0.3) is 5.91 Å². The fourth-order valence-electron chi connectivity index (χ4n) is 4.17. The molecule has 35 heavy (non-hydrogen) atoms. The molecule has 0 spiro atoms.